The minimum absolute atomic E-state index is 0.0195. The van der Waals surface area contributed by atoms with Gasteiger partial charge in [-0.1, -0.05) is 0 Å². The number of rotatable bonds is 1. The number of aliphatic hydroxyl groups excluding tert-OH is 1. The van der Waals surface area contributed by atoms with Crippen LogP contribution in [0.15, 0.2) is 0 Å². The third-order valence-electron chi connectivity index (χ3n) is 1.60. The van der Waals surface area contributed by atoms with Crippen molar-refractivity contribution < 1.29 is 9.84 Å². The van der Waals surface area contributed by atoms with Crippen molar-refractivity contribution in [3.8, 4) is 0 Å². The smallest absolute Gasteiger partial charge is 0.0643 e. The van der Waals surface area contributed by atoms with Crippen LogP contribution in [-0.2, 0) is 4.74 Å². The largest absolute Gasteiger partial charge is 0.395 e. The molecule has 1 saturated heterocycles. The average Bonchev–Trinajstić information content (AvgIpc) is 1.86. The van der Waals surface area contributed by atoms with Gasteiger partial charge in [0.15, 0.2) is 0 Å². The maximum atomic E-state index is 8.78. The molecule has 0 aromatic carbocycles. The van der Waals surface area contributed by atoms with Crippen molar-refractivity contribution in [1.82, 2.24) is 5.32 Å². The van der Waals surface area contributed by atoms with E-state index in [1.54, 1.807) is 0 Å². The Morgan fingerprint density at radius 3 is 2.80 bits per heavy atom. The highest BCUT2D eigenvalue weighted by atomic mass is 16.5. The first kappa shape index (κ1) is 7.98. The van der Waals surface area contributed by atoms with E-state index >= 15 is 0 Å². The fourth-order valence-corrected chi connectivity index (χ4v) is 1.19. The Hall–Kier alpha value is -0.120. The summed E-state index contributed by atoms with van der Waals surface area (Å²) in [5.41, 5.74) is 0.0195. The molecule has 0 radical (unpaired) electrons. The molecule has 0 aromatic heterocycles. The number of hydrogen-bond donors (Lipinski definition) is 2. The molecule has 0 spiro atoms. The van der Waals surface area contributed by atoms with Crippen molar-refractivity contribution in [3.05, 3.63) is 0 Å². The molecule has 60 valence electrons. The lowest BCUT2D eigenvalue weighted by molar-refractivity contribution is -0.00214. The van der Waals surface area contributed by atoms with Gasteiger partial charge in [0, 0.05) is 5.54 Å². The molecular weight excluding hydrogens is 130 g/mol. The summed E-state index contributed by atoms with van der Waals surface area (Å²) in [5, 5.41) is 12.0. The van der Waals surface area contributed by atoms with Crippen LogP contribution in [0.1, 0.15) is 13.8 Å². The highest BCUT2D eigenvalue weighted by Gasteiger charge is 2.26. The summed E-state index contributed by atoms with van der Waals surface area (Å²) in [6.45, 7) is 5.64. The molecule has 2 N–H and O–H groups in total. The standard InChI is InChI=1S/C7H15NO2/c1-7(2)5-10-4-6(3-9)8-7/h6,8-9H,3-5H2,1-2H3. The van der Waals surface area contributed by atoms with Crippen molar-refractivity contribution >= 4 is 0 Å². The molecule has 10 heavy (non-hydrogen) atoms. The number of hydrogen-bond acceptors (Lipinski definition) is 3. The molecule has 3 nitrogen and oxygen atoms in total. The quantitative estimate of drug-likeness (QED) is 0.534. The number of nitrogens with one attached hydrogen (secondary N) is 1. The minimum Gasteiger partial charge on any atom is -0.395 e. The van der Waals surface area contributed by atoms with E-state index in [1.807, 2.05) is 0 Å². The molecule has 1 fully saturated rings. The van der Waals surface area contributed by atoms with E-state index in [-0.39, 0.29) is 18.2 Å². The Bertz CT molecular complexity index is 114. The Labute approximate surface area is 61.4 Å². The van der Waals surface area contributed by atoms with E-state index in [0.29, 0.717) is 6.61 Å². The van der Waals surface area contributed by atoms with Crippen molar-refractivity contribution in [2.24, 2.45) is 0 Å². The highest BCUT2D eigenvalue weighted by molar-refractivity contribution is 4.85. The van der Waals surface area contributed by atoms with Crippen LogP contribution in [0, 0.1) is 0 Å². The molecule has 1 heterocycles. The van der Waals surface area contributed by atoms with Gasteiger partial charge in [-0.15, -0.1) is 0 Å². The fourth-order valence-electron chi connectivity index (χ4n) is 1.19. The predicted molar refractivity (Wildman–Crippen MR) is 38.9 cm³/mol. The first-order valence-corrected chi connectivity index (χ1v) is 3.60. The van der Waals surface area contributed by atoms with E-state index in [9.17, 15) is 0 Å². The normalized spacial score (nSPS) is 32.1. The van der Waals surface area contributed by atoms with Gasteiger partial charge < -0.3 is 15.2 Å². The lowest BCUT2D eigenvalue weighted by atomic mass is 10.0. The summed E-state index contributed by atoms with van der Waals surface area (Å²) in [6, 6.07) is 0.115. The van der Waals surface area contributed by atoms with Gasteiger partial charge >= 0.3 is 0 Å². The molecule has 0 saturated carbocycles. The van der Waals surface area contributed by atoms with Gasteiger partial charge in [-0.05, 0) is 13.8 Å². The summed E-state index contributed by atoms with van der Waals surface area (Å²) in [7, 11) is 0. The maximum absolute atomic E-state index is 8.78. The van der Waals surface area contributed by atoms with Gasteiger partial charge in [-0.25, -0.2) is 0 Å². The Morgan fingerprint density at radius 1 is 1.70 bits per heavy atom. The zero-order valence-corrected chi connectivity index (χ0v) is 6.55. The number of morpholine rings is 1. The molecule has 0 aromatic rings. The van der Waals surface area contributed by atoms with Crippen LogP contribution in [0.5, 0.6) is 0 Å². The van der Waals surface area contributed by atoms with Gasteiger partial charge in [0.05, 0.1) is 25.9 Å². The van der Waals surface area contributed by atoms with E-state index < -0.39 is 0 Å². The SMILES string of the molecule is CC1(C)COCC(CO)N1. The maximum Gasteiger partial charge on any atom is 0.0643 e. The first-order chi connectivity index (χ1) is 4.64. The van der Waals surface area contributed by atoms with Crippen LogP contribution in [0.4, 0.5) is 0 Å². The van der Waals surface area contributed by atoms with E-state index in [1.165, 1.54) is 0 Å². The summed E-state index contributed by atoms with van der Waals surface area (Å²) in [5.74, 6) is 0. The van der Waals surface area contributed by atoms with Crippen LogP contribution in [0.3, 0.4) is 0 Å². The second kappa shape index (κ2) is 2.86. The highest BCUT2D eigenvalue weighted by Crippen LogP contribution is 2.09. The molecule has 0 bridgehead atoms. The van der Waals surface area contributed by atoms with E-state index in [2.05, 4.69) is 19.2 Å². The van der Waals surface area contributed by atoms with Crippen LogP contribution in [0.2, 0.25) is 0 Å². The van der Waals surface area contributed by atoms with Crippen LogP contribution < -0.4 is 5.32 Å². The summed E-state index contributed by atoms with van der Waals surface area (Å²) in [6.07, 6.45) is 0. The first-order valence-electron chi connectivity index (χ1n) is 3.60. The molecule has 1 rings (SSSR count). The molecule has 0 aliphatic carbocycles. The summed E-state index contributed by atoms with van der Waals surface area (Å²) < 4.78 is 5.27. The zero-order valence-electron chi connectivity index (χ0n) is 6.55. The topological polar surface area (TPSA) is 41.5 Å². The lowest BCUT2D eigenvalue weighted by Gasteiger charge is -2.36. The molecule has 3 heteroatoms. The molecular formula is C7H15NO2. The lowest BCUT2D eigenvalue weighted by Crippen LogP contribution is -2.56. The number of ether oxygens (including phenoxy) is 1. The van der Waals surface area contributed by atoms with Crippen LogP contribution in [0.25, 0.3) is 0 Å². The summed E-state index contributed by atoms with van der Waals surface area (Å²) in [4.78, 5) is 0. The minimum atomic E-state index is 0.0195. The van der Waals surface area contributed by atoms with Crippen LogP contribution in [-0.4, -0.2) is 36.5 Å². The second-order valence-corrected chi connectivity index (χ2v) is 3.42. The van der Waals surface area contributed by atoms with Gasteiger partial charge in [0.2, 0.25) is 0 Å². The molecule has 1 unspecified atom stereocenters. The molecule has 1 atom stereocenters. The Kier molecular flexibility index (Phi) is 2.28. The third-order valence-corrected chi connectivity index (χ3v) is 1.60. The van der Waals surface area contributed by atoms with Gasteiger partial charge in [0.25, 0.3) is 0 Å². The molecule has 1 aliphatic heterocycles. The third kappa shape index (κ3) is 1.94. The molecule has 1 aliphatic rings. The molecule has 0 amide bonds. The van der Waals surface area contributed by atoms with Gasteiger partial charge in [-0.2, -0.15) is 0 Å². The van der Waals surface area contributed by atoms with Crippen LogP contribution >= 0.6 is 0 Å². The van der Waals surface area contributed by atoms with E-state index in [4.69, 9.17) is 9.84 Å². The zero-order chi connectivity index (χ0) is 7.61. The Balaban J connectivity index is 2.40. The van der Waals surface area contributed by atoms with Crippen molar-refractivity contribution in [2.75, 3.05) is 19.8 Å². The Morgan fingerprint density at radius 2 is 2.40 bits per heavy atom. The van der Waals surface area contributed by atoms with Crippen molar-refractivity contribution in [2.45, 2.75) is 25.4 Å². The fraction of sp³-hybridized carbons (Fsp3) is 1.00. The van der Waals surface area contributed by atoms with Gasteiger partial charge in [0.1, 0.15) is 0 Å². The predicted octanol–water partition coefficient (Wildman–Crippen LogP) is -0.254. The second-order valence-electron chi connectivity index (χ2n) is 3.42. The van der Waals surface area contributed by atoms with Crippen molar-refractivity contribution in [3.63, 3.8) is 0 Å². The number of aliphatic hydroxyl groups is 1. The monoisotopic (exact) mass is 145 g/mol. The van der Waals surface area contributed by atoms with E-state index in [0.717, 1.165) is 6.61 Å². The average molecular weight is 145 g/mol. The van der Waals surface area contributed by atoms with Crippen molar-refractivity contribution in [1.29, 1.82) is 0 Å². The van der Waals surface area contributed by atoms with Gasteiger partial charge in [-0.3, -0.25) is 0 Å². The summed E-state index contributed by atoms with van der Waals surface area (Å²) >= 11 is 0.